The van der Waals surface area contributed by atoms with Gasteiger partial charge in [0.1, 0.15) is 0 Å². The lowest BCUT2D eigenvalue weighted by Gasteiger charge is -2.19. The lowest BCUT2D eigenvalue weighted by Crippen LogP contribution is -2.22. The van der Waals surface area contributed by atoms with E-state index in [0.29, 0.717) is 12.1 Å². The van der Waals surface area contributed by atoms with E-state index in [2.05, 4.69) is 30.8 Å². The Bertz CT molecular complexity index is 502. The second kappa shape index (κ2) is 7.09. The smallest absolute Gasteiger partial charge is 0.232 e. The van der Waals surface area contributed by atoms with Gasteiger partial charge in [-0.3, -0.25) is 4.72 Å². The Morgan fingerprint density at radius 1 is 1.10 bits per heavy atom. The number of nitrogens with one attached hydrogen (secondary N) is 2. The fourth-order valence-corrected chi connectivity index (χ4v) is 2.95. The molecule has 0 saturated heterocycles. The molecule has 2 N–H and O–H groups in total. The minimum Gasteiger partial charge on any atom is -0.317 e. The molecular formula is C15H26N2O2S. The highest BCUT2D eigenvalue weighted by atomic mass is 32.2. The van der Waals surface area contributed by atoms with Crippen molar-refractivity contribution in [2.24, 2.45) is 0 Å². The predicted molar refractivity (Wildman–Crippen MR) is 85.7 cm³/mol. The average molecular weight is 298 g/mol. The Morgan fingerprint density at radius 3 is 2.20 bits per heavy atom. The number of sulfonamides is 1. The summed E-state index contributed by atoms with van der Waals surface area (Å²) in [5, 5.41) is 3.12. The highest BCUT2D eigenvalue weighted by Gasteiger charge is 2.14. The molecule has 1 aromatic rings. The zero-order chi connectivity index (χ0) is 15.2. The molecule has 0 bridgehead atoms. The van der Waals surface area contributed by atoms with Crippen LogP contribution in [0.3, 0.4) is 0 Å². The fourth-order valence-electron chi connectivity index (χ4n) is 1.83. The first-order valence-corrected chi connectivity index (χ1v) is 8.71. The quantitative estimate of drug-likeness (QED) is 0.761. The highest BCUT2D eigenvalue weighted by molar-refractivity contribution is 7.92. The summed E-state index contributed by atoms with van der Waals surface area (Å²) in [5.41, 5.74) is 1.89. The second-order valence-corrected chi connectivity index (χ2v) is 7.80. The lowest BCUT2D eigenvalue weighted by molar-refractivity contribution is 0.590. The minimum atomic E-state index is -3.25. The van der Waals surface area contributed by atoms with Crippen LogP contribution in [0.4, 0.5) is 5.69 Å². The first-order chi connectivity index (χ1) is 9.24. The Hall–Kier alpha value is -1.07. The average Bonchev–Trinajstić information content (AvgIpc) is 2.34. The molecule has 0 heterocycles. The summed E-state index contributed by atoms with van der Waals surface area (Å²) in [7, 11) is -3.25. The molecule has 5 heteroatoms. The zero-order valence-corrected chi connectivity index (χ0v) is 13.7. The number of hydrogen-bond acceptors (Lipinski definition) is 3. The largest absolute Gasteiger partial charge is 0.317 e. The van der Waals surface area contributed by atoms with Crippen molar-refractivity contribution in [1.82, 2.24) is 5.32 Å². The third kappa shape index (κ3) is 5.92. The van der Waals surface area contributed by atoms with Gasteiger partial charge in [0.2, 0.25) is 10.0 Å². The molecule has 0 unspecified atom stereocenters. The van der Waals surface area contributed by atoms with E-state index < -0.39 is 10.0 Å². The first-order valence-electron chi connectivity index (χ1n) is 7.06. The van der Waals surface area contributed by atoms with Gasteiger partial charge in [-0.05, 0) is 42.6 Å². The van der Waals surface area contributed by atoms with E-state index in [0.717, 1.165) is 13.1 Å². The summed E-state index contributed by atoms with van der Waals surface area (Å²) in [6.45, 7) is 9.98. The third-order valence-corrected chi connectivity index (χ3v) is 4.41. The molecule has 0 aliphatic heterocycles. The van der Waals surface area contributed by atoms with Crippen molar-refractivity contribution in [3.8, 4) is 0 Å². The predicted octanol–water partition coefficient (Wildman–Crippen LogP) is 2.73. The molecule has 1 rings (SSSR count). The molecule has 0 fully saturated rings. The molecule has 0 aliphatic carbocycles. The lowest BCUT2D eigenvalue weighted by atomic mass is 9.87. The van der Waals surface area contributed by atoms with Gasteiger partial charge >= 0.3 is 0 Å². The van der Waals surface area contributed by atoms with Crippen LogP contribution in [0, 0.1) is 0 Å². The van der Waals surface area contributed by atoms with Crippen LogP contribution in [-0.2, 0) is 15.4 Å². The van der Waals surface area contributed by atoms with Crippen LogP contribution in [0.25, 0.3) is 0 Å². The van der Waals surface area contributed by atoms with Crippen LogP contribution in [0.15, 0.2) is 24.3 Å². The van der Waals surface area contributed by atoms with Crippen molar-refractivity contribution in [3.63, 3.8) is 0 Å². The SMILES string of the molecule is CCNCCCS(=O)(=O)Nc1ccc(C(C)(C)C)cc1. The van der Waals surface area contributed by atoms with E-state index in [1.165, 1.54) is 5.56 Å². The van der Waals surface area contributed by atoms with Gasteiger partial charge in [0.25, 0.3) is 0 Å². The highest BCUT2D eigenvalue weighted by Crippen LogP contribution is 2.23. The van der Waals surface area contributed by atoms with Crippen molar-refractivity contribution in [2.75, 3.05) is 23.6 Å². The Labute approximate surface area is 123 Å². The van der Waals surface area contributed by atoms with Gasteiger partial charge in [-0.25, -0.2) is 8.42 Å². The van der Waals surface area contributed by atoms with E-state index in [9.17, 15) is 8.42 Å². The maximum atomic E-state index is 11.9. The number of hydrogen-bond donors (Lipinski definition) is 2. The molecule has 0 atom stereocenters. The minimum absolute atomic E-state index is 0.0726. The van der Waals surface area contributed by atoms with E-state index >= 15 is 0 Å². The second-order valence-electron chi connectivity index (χ2n) is 5.96. The molecule has 0 spiro atoms. The Kier molecular flexibility index (Phi) is 6.02. The molecule has 1 aromatic carbocycles. The van der Waals surface area contributed by atoms with Crippen molar-refractivity contribution in [2.45, 2.75) is 39.5 Å². The topological polar surface area (TPSA) is 58.2 Å². The normalized spacial score (nSPS) is 12.4. The zero-order valence-electron chi connectivity index (χ0n) is 12.9. The van der Waals surface area contributed by atoms with Crippen molar-refractivity contribution >= 4 is 15.7 Å². The van der Waals surface area contributed by atoms with Crippen molar-refractivity contribution in [3.05, 3.63) is 29.8 Å². The van der Waals surface area contributed by atoms with Gasteiger partial charge in [0, 0.05) is 5.69 Å². The number of rotatable bonds is 7. The van der Waals surface area contributed by atoms with Crippen LogP contribution in [0.1, 0.15) is 39.7 Å². The molecule has 0 saturated carbocycles. The van der Waals surface area contributed by atoms with Crippen LogP contribution in [0.2, 0.25) is 0 Å². The molecule has 114 valence electrons. The third-order valence-electron chi connectivity index (χ3n) is 3.04. The van der Waals surface area contributed by atoms with Gasteiger partial charge in [-0.2, -0.15) is 0 Å². The monoisotopic (exact) mass is 298 g/mol. The summed E-state index contributed by atoms with van der Waals surface area (Å²) in [4.78, 5) is 0. The first kappa shape index (κ1) is 17.0. The molecule has 0 aromatic heterocycles. The summed E-state index contributed by atoms with van der Waals surface area (Å²) in [6.07, 6.45) is 0.614. The van der Waals surface area contributed by atoms with Crippen LogP contribution in [-0.4, -0.2) is 27.3 Å². The van der Waals surface area contributed by atoms with Gasteiger partial charge in [0.05, 0.1) is 5.75 Å². The number of benzene rings is 1. The molecule has 0 radical (unpaired) electrons. The summed E-state index contributed by atoms with van der Waals surface area (Å²) in [5.74, 6) is 0.140. The summed E-state index contributed by atoms with van der Waals surface area (Å²) in [6, 6.07) is 7.58. The van der Waals surface area contributed by atoms with Crippen molar-refractivity contribution in [1.29, 1.82) is 0 Å². The van der Waals surface area contributed by atoms with Crippen LogP contribution in [0.5, 0.6) is 0 Å². The van der Waals surface area contributed by atoms with Crippen molar-refractivity contribution < 1.29 is 8.42 Å². The molecular weight excluding hydrogens is 272 g/mol. The van der Waals surface area contributed by atoms with Gasteiger partial charge in [0.15, 0.2) is 0 Å². The number of anilines is 1. The van der Waals surface area contributed by atoms with E-state index in [1.807, 2.05) is 31.2 Å². The molecule has 0 aliphatic rings. The molecule has 0 amide bonds. The van der Waals surface area contributed by atoms with E-state index in [1.54, 1.807) is 0 Å². The molecule has 4 nitrogen and oxygen atoms in total. The van der Waals surface area contributed by atoms with Gasteiger partial charge < -0.3 is 5.32 Å². The van der Waals surface area contributed by atoms with E-state index in [-0.39, 0.29) is 11.2 Å². The fraction of sp³-hybridized carbons (Fsp3) is 0.600. The van der Waals surface area contributed by atoms with Gasteiger partial charge in [-0.1, -0.05) is 39.8 Å². The van der Waals surface area contributed by atoms with E-state index in [4.69, 9.17) is 0 Å². The maximum Gasteiger partial charge on any atom is 0.232 e. The standard InChI is InChI=1S/C15H26N2O2S/c1-5-16-11-6-12-20(18,19)17-14-9-7-13(8-10-14)15(2,3)4/h7-10,16-17H,5-6,11-12H2,1-4H3. The van der Waals surface area contributed by atoms with Gasteiger partial charge in [-0.15, -0.1) is 0 Å². The Balaban J connectivity index is 2.59. The summed E-state index contributed by atoms with van der Waals surface area (Å²) >= 11 is 0. The van der Waals surface area contributed by atoms with Crippen LogP contribution >= 0.6 is 0 Å². The maximum absolute atomic E-state index is 11.9. The van der Waals surface area contributed by atoms with Crippen LogP contribution < -0.4 is 10.0 Å². The summed E-state index contributed by atoms with van der Waals surface area (Å²) < 4.78 is 26.4. The molecule has 20 heavy (non-hydrogen) atoms. The Morgan fingerprint density at radius 2 is 1.70 bits per heavy atom.